The monoisotopic (exact) mass is 987 g/mol. The van der Waals surface area contributed by atoms with Crippen molar-refractivity contribution in [2.45, 2.75) is 88.5 Å². The lowest BCUT2D eigenvalue weighted by molar-refractivity contribution is -0.126. The first-order chi connectivity index (χ1) is 33.1. The Hall–Kier alpha value is -5.86. The third-order valence-corrected chi connectivity index (χ3v) is 14.7. The van der Waals surface area contributed by atoms with Crippen LogP contribution in [0.25, 0.3) is 0 Å². The number of likely N-dealkylation sites (tertiary alicyclic amines) is 1. The maximum atomic E-state index is 13.3. The third-order valence-electron chi connectivity index (χ3n) is 12.3. The number of sulfone groups is 1. The zero-order chi connectivity index (χ0) is 49.2. The van der Waals surface area contributed by atoms with Crippen molar-refractivity contribution in [2.75, 3.05) is 81.6 Å². The summed E-state index contributed by atoms with van der Waals surface area (Å²) >= 11 is 6.51. The summed E-state index contributed by atoms with van der Waals surface area (Å²) < 4.78 is 44.0. The number of ether oxygens (including phenoxy) is 3. The average Bonchev–Trinajstić information content (AvgIpc) is 3.58. The molecule has 0 aliphatic carbocycles. The standard InChI is InChI=1S/C49H62ClN9O9S/c1-30(2)68-41-27-35(32(5)26-39(41)56-49-54-28-36(50)45(57-49)55-37-11-6-7-14-42(37)69(64,65)31(3)4)33-15-19-58(20-16-33)21-23-67-25-24-66-22-18-51-43(60)29-53-38-12-8-10-34-44(38)48(63)59(47(34)62)40-13-9-17-52-46(40)61/h6-8,10-12,14,26-28,30-31,33,40,53H,9,13,15-25,29H2,1-5H3,(H,51,60)(H,52,61)(H2,54,55,56,57). The van der Waals surface area contributed by atoms with Crippen molar-refractivity contribution >= 4 is 73.9 Å². The molecule has 18 nitrogen and oxygen atoms in total. The number of anilines is 5. The van der Waals surface area contributed by atoms with Crippen molar-refractivity contribution in [3.8, 4) is 5.75 Å². The number of fused-ring (bicyclic) bond motifs is 1. The SMILES string of the molecule is Cc1cc(Nc2ncc(Cl)c(Nc3ccccc3S(=O)(=O)C(C)C)n2)c(OC(C)C)cc1C1CCN(CCOCCOCCNC(=O)CNc2cccc3c2C(=O)N(C2CCCNC2=O)C3=O)CC1. The highest BCUT2D eigenvalue weighted by molar-refractivity contribution is 7.92. The van der Waals surface area contributed by atoms with Gasteiger partial charge in [0, 0.05) is 25.3 Å². The molecule has 5 N–H and O–H groups in total. The summed E-state index contributed by atoms with van der Waals surface area (Å²) in [6.07, 6.45) is 4.41. The van der Waals surface area contributed by atoms with Crippen molar-refractivity contribution in [3.63, 3.8) is 0 Å². The summed E-state index contributed by atoms with van der Waals surface area (Å²) in [6.45, 7) is 14.3. The van der Waals surface area contributed by atoms with E-state index in [1.54, 1.807) is 56.3 Å². The molecule has 69 heavy (non-hydrogen) atoms. The molecule has 1 atom stereocenters. The molecule has 0 radical (unpaired) electrons. The normalized spacial score (nSPS) is 16.7. The number of carbonyl (C=O) groups excluding carboxylic acids is 4. The van der Waals surface area contributed by atoms with E-state index < -0.39 is 32.9 Å². The van der Waals surface area contributed by atoms with Gasteiger partial charge in [0.1, 0.15) is 16.8 Å². The largest absolute Gasteiger partial charge is 0.489 e. The lowest BCUT2D eigenvalue weighted by atomic mass is 9.86. The van der Waals surface area contributed by atoms with Gasteiger partial charge in [-0.1, -0.05) is 29.8 Å². The van der Waals surface area contributed by atoms with Gasteiger partial charge in [-0.15, -0.1) is 0 Å². The molecule has 3 aromatic carbocycles. The Morgan fingerprint density at radius 2 is 1.64 bits per heavy atom. The van der Waals surface area contributed by atoms with Crippen LogP contribution >= 0.6 is 11.6 Å². The Labute approximate surface area is 408 Å². The minimum absolute atomic E-state index is 0.0933. The van der Waals surface area contributed by atoms with E-state index in [9.17, 15) is 27.6 Å². The summed E-state index contributed by atoms with van der Waals surface area (Å²) in [4.78, 5) is 64.0. The molecule has 1 aromatic heterocycles. The molecule has 0 bridgehead atoms. The van der Waals surface area contributed by atoms with Crippen LogP contribution in [0.15, 0.2) is 65.7 Å². The van der Waals surface area contributed by atoms with Gasteiger partial charge in [-0.2, -0.15) is 4.98 Å². The zero-order valence-corrected chi connectivity index (χ0v) is 41.3. The van der Waals surface area contributed by atoms with Crippen LogP contribution in [0.5, 0.6) is 5.75 Å². The number of halogens is 1. The highest BCUT2D eigenvalue weighted by Gasteiger charge is 2.44. The molecule has 3 aliphatic heterocycles. The number of benzene rings is 3. The quantitative estimate of drug-likeness (QED) is 0.0436. The first-order valence-corrected chi connectivity index (χ1v) is 25.4. The minimum atomic E-state index is -3.58. The number of piperidine rings is 2. The molecule has 3 aliphatic rings. The number of carbonyl (C=O) groups is 4. The minimum Gasteiger partial charge on any atom is -0.489 e. The number of imide groups is 1. The lowest BCUT2D eigenvalue weighted by Gasteiger charge is -2.33. The molecule has 4 amide bonds. The van der Waals surface area contributed by atoms with E-state index in [-0.39, 0.29) is 63.8 Å². The van der Waals surface area contributed by atoms with Crippen LogP contribution in [0.1, 0.15) is 91.1 Å². The smallest absolute Gasteiger partial charge is 0.264 e. The second-order valence-electron chi connectivity index (χ2n) is 17.8. The van der Waals surface area contributed by atoms with Crippen LogP contribution in [-0.4, -0.2) is 135 Å². The number of aryl methyl sites for hydroxylation is 1. The highest BCUT2D eigenvalue weighted by atomic mass is 35.5. The van der Waals surface area contributed by atoms with Crippen molar-refractivity contribution in [2.24, 2.45) is 0 Å². The van der Waals surface area contributed by atoms with Gasteiger partial charge in [-0.25, -0.2) is 13.4 Å². The van der Waals surface area contributed by atoms with Crippen LogP contribution < -0.4 is 31.3 Å². The maximum absolute atomic E-state index is 13.3. The third kappa shape index (κ3) is 12.5. The first-order valence-electron chi connectivity index (χ1n) is 23.5. The molecule has 7 rings (SSSR count). The second kappa shape index (κ2) is 23.2. The number of aromatic nitrogens is 2. The van der Waals surface area contributed by atoms with Gasteiger partial charge >= 0.3 is 0 Å². The fraction of sp³-hybridized carbons (Fsp3) is 0.469. The lowest BCUT2D eigenvalue weighted by Crippen LogP contribution is -2.52. The molecule has 2 saturated heterocycles. The fourth-order valence-electron chi connectivity index (χ4n) is 8.65. The van der Waals surface area contributed by atoms with E-state index in [4.69, 9.17) is 25.8 Å². The molecular formula is C49H62ClN9O9S. The average molecular weight is 989 g/mol. The van der Waals surface area contributed by atoms with Crippen molar-refractivity contribution < 1.29 is 41.8 Å². The van der Waals surface area contributed by atoms with E-state index >= 15 is 0 Å². The Morgan fingerprint density at radius 1 is 0.899 bits per heavy atom. The van der Waals surface area contributed by atoms with Gasteiger partial charge in [0.25, 0.3) is 11.8 Å². The number of para-hydroxylation sites is 1. The number of hydrogen-bond donors (Lipinski definition) is 5. The number of nitrogens with one attached hydrogen (secondary N) is 5. The predicted molar refractivity (Wildman–Crippen MR) is 264 cm³/mol. The summed E-state index contributed by atoms with van der Waals surface area (Å²) in [5.74, 6) is -0.159. The number of nitrogens with zero attached hydrogens (tertiary/aromatic N) is 4. The van der Waals surface area contributed by atoms with Crippen molar-refractivity contribution in [3.05, 3.63) is 88.1 Å². The van der Waals surface area contributed by atoms with Crippen LogP contribution in [0.3, 0.4) is 0 Å². The summed E-state index contributed by atoms with van der Waals surface area (Å²) in [5, 5.41) is 14.5. The zero-order valence-electron chi connectivity index (χ0n) is 39.7. The molecular weight excluding hydrogens is 926 g/mol. The Kier molecular flexibility index (Phi) is 17.1. The summed E-state index contributed by atoms with van der Waals surface area (Å²) in [7, 11) is -3.58. The Morgan fingerprint density at radius 3 is 2.38 bits per heavy atom. The Balaban J connectivity index is 0.811. The molecule has 20 heteroatoms. The van der Waals surface area contributed by atoms with E-state index in [1.165, 1.54) is 11.8 Å². The molecule has 2 fully saturated rings. The van der Waals surface area contributed by atoms with Gasteiger partial charge in [-0.3, -0.25) is 24.1 Å². The number of rotatable bonds is 22. The van der Waals surface area contributed by atoms with E-state index in [0.717, 1.165) is 42.9 Å². The van der Waals surface area contributed by atoms with Gasteiger partial charge in [-0.05, 0) is 127 Å². The van der Waals surface area contributed by atoms with Crippen LogP contribution in [0.2, 0.25) is 5.02 Å². The molecule has 4 heterocycles. The van der Waals surface area contributed by atoms with E-state index in [0.29, 0.717) is 74.5 Å². The highest BCUT2D eigenvalue weighted by Crippen LogP contribution is 2.39. The second-order valence-corrected chi connectivity index (χ2v) is 20.7. The van der Waals surface area contributed by atoms with Gasteiger partial charge in [0.05, 0.1) is 77.9 Å². The molecule has 0 saturated carbocycles. The van der Waals surface area contributed by atoms with E-state index in [1.807, 2.05) is 13.8 Å². The van der Waals surface area contributed by atoms with E-state index in [2.05, 4.69) is 60.5 Å². The topological polar surface area (TPSA) is 223 Å². The molecule has 0 spiro atoms. The molecule has 370 valence electrons. The van der Waals surface area contributed by atoms with Crippen LogP contribution in [0.4, 0.5) is 28.8 Å². The van der Waals surface area contributed by atoms with Crippen LogP contribution in [0, 0.1) is 6.92 Å². The first kappa shape index (κ1) is 51.0. The summed E-state index contributed by atoms with van der Waals surface area (Å²) in [5.41, 5.74) is 4.14. The summed E-state index contributed by atoms with van der Waals surface area (Å²) in [6, 6.07) is 14.8. The van der Waals surface area contributed by atoms with Gasteiger partial charge in [0.2, 0.25) is 17.8 Å². The maximum Gasteiger partial charge on any atom is 0.264 e. The number of hydrogen-bond acceptors (Lipinski definition) is 15. The van der Waals surface area contributed by atoms with Gasteiger partial charge in [0.15, 0.2) is 15.7 Å². The van der Waals surface area contributed by atoms with Crippen molar-refractivity contribution in [1.82, 2.24) is 30.4 Å². The van der Waals surface area contributed by atoms with Gasteiger partial charge < -0.3 is 45.7 Å². The van der Waals surface area contributed by atoms with Crippen LogP contribution in [-0.2, 0) is 28.9 Å². The molecule has 1 unspecified atom stereocenters. The molecule has 4 aromatic rings. The van der Waals surface area contributed by atoms with Crippen molar-refractivity contribution in [1.29, 1.82) is 0 Å². The fourth-order valence-corrected chi connectivity index (χ4v) is 9.99. The number of amides is 4. The predicted octanol–water partition coefficient (Wildman–Crippen LogP) is 6.21. The Bertz CT molecular complexity index is 2630.